The highest BCUT2D eigenvalue weighted by Gasteiger charge is 2.55. The number of methoxy groups -OCH3 is 1. The minimum atomic E-state index is -1.80. The van der Waals surface area contributed by atoms with E-state index in [4.69, 9.17) is 14.3 Å². The van der Waals surface area contributed by atoms with E-state index in [9.17, 15) is 9.59 Å². The maximum Gasteiger partial charge on any atom is 0.362 e. The molecule has 26 heavy (non-hydrogen) atoms. The van der Waals surface area contributed by atoms with Gasteiger partial charge in [-0.15, -0.1) is 0 Å². The summed E-state index contributed by atoms with van der Waals surface area (Å²) in [5.74, 6) is -0.504. The van der Waals surface area contributed by atoms with Crippen LogP contribution in [0.3, 0.4) is 0 Å². The van der Waals surface area contributed by atoms with Gasteiger partial charge in [-0.2, -0.15) is 0 Å². The SMILES string of the molecule is CCOC(=O)C1(C(=O)c2ccccc2)CC(c2ccc(OC)cc2)=NO1. The van der Waals surface area contributed by atoms with E-state index in [0.717, 1.165) is 5.56 Å². The Bertz CT molecular complexity index is 829. The number of ether oxygens (including phenoxy) is 2. The van der Waals surface area contributed by atoms with Crippen LogP contribution in [0.25, 0.3) is 0 Å². The molecule has 2 aromatic rings. The third kappa shape index (κ3) is 3.18. The topological polar surface area (TPSA) is 74.2 Å². The van der Waals surface area contributed by atoms with Crippen molar-refractivity contribution in [2.45, 2.75) is 18.9 Å². The molecule has 0 radical (unpaired) electrons. The number of esters is 1. The van der Waals surface area contributed by atoms with Gasteiger partial charge >= 0.3 is 11.6 Å². The van der Waals surface area contributed by atoms with E-state index in [1.54, 1.807) is 68.6 Å². The molecule has 0 N–H and O–H groups in total. The highest BCUT2D eigenvalue weighted by atomic mass is 16.7. The molecule has 0 aliphatic carbocycles. The number of hydrogen-bond donors (Lipinski definition) is 0. The maximum atomic E-state index is 13.0. The molecule has 2 aromatic carbocycles. The molecule has 134 valence electrons. The first-order chi connectivity index (χ1) is 12.6. The monoisotopic (exact) mass is 353 g/mol. The van der Waals surface area contributed by atoms with Crippen molar-refractivity contribution in [2.24, 2.45) is 5.16 Å². The van der Waals surface area contributed by atoms with Crippen molar-refractivity contribution in [1.29, 1.82) is 0 Å². The van der Waals surface area contributed by atoms with E-state index in [2.05, 4.69) is 5.16 Å². The van der Waals surface area contributed by atoms with Crippen molar-refractivity contribution in [1.82, 2.24) is 0 Å². The maximum absolute atomic E-state index is 13.0. The summed E-state index contributed by atoms with van der Waals surface area (Å²) in [5, 5.41) is 4.02. The Morgan fingerprint density at radius 3 is 2.42 bits per heavy atom. The van der Waals surface area contributed by atoms with Crippen molar-refractivity contribution < 1.29 is 23.9 Å². The molecule has 3 rings (SSSR count). The second-order valence-electron chi connectivity index (χ2n) is 5.78. The molecule has 0 saturated carbocycles. The number of oxime groups is 1. The lowest BCUT2D eigenvalue weighted by molar-refractivity contribution is -0.162. The number of hydrogen-bond acceptors (Lipinski definition) is 6. The Balaban J connectivity index is 1.92. The van der Waals surface area contributed by atoms with E-state index >= 15 is 0 Å². The van der Waals surface area contributed by atoms with Gasteiger partial charge in [-0.05, 0) is 36.8 Å². The molecule has 1 atom stereocenters. The molecule has 0 amide bonds. The predicted molar refractivity (Wildman–Crippen MR) is 95.4 cm³/mol. The summed E-state index contributed by atoms with van der Waals surface area (Å²) in [6, 6.07) is 15.7. The van der Waals surface area contributed by atoms with Crippen molar-refractivity contribution in [3.8, 4) is 5.75 Å². The first-order valence-electron chi connectivity index (χ1n) is 8.27. The van der Waals surface area contributed by atoms with Crippen LogP contribution >= 0.6 is 0 Å². The van der Waals surface area contributed by atoms with Crippen molar-refractivity contribution in [3.63, 3.8) is 0 Å². The van der Waals surface area contributed by atoms with Crippen LogP contribution in [0.4, 0.5) is 0 Å². The van der Waals surface area contributed by atoms with Crippen molar-refractivity contribution >= 4 is 17.5 Å². The van der Waals surface area contributed by atoms with Gasteiger partial charge in [0.1, 0.15) is 5.75 Å². The molecule has 0 saturated heterocycles. The highest BCUT2D eigenvalue weighted by Crippen LogP contribution is 2.32. The van der Waals surface area contributed by atoms with Gasteiger partial charge < -0.3 is 14.3 Å². The Hall–Kier alpha value is -3.15. The summed E-state index contributed by atoms with van der Waals surface area (Å²) >= 11 is 0. The predicted octanol–water partition coefficient (Wildman–Crippen LogP) is 3.00. The zero-order chi connectivity index (χ0) is 18.6. The third-order valence-electron chi connectivity index (χ3n) is 4.16. The van der Waals surface area contributed by atoms with E-state index in [1.165, 1.54) is 0 Å². The van der Waals surface area contributed by atoms with E-state index in [-0.39, 0.29) is 13.0 Å². The normalized spacial score (nSPS) is 18.6. The zero-order valence-corrected chi connectivity index (χ0v) is 14.6. The van der Waals surface area contributed by atoms with Gasteiger partial charge in [0.05, 0.1) is 25.8 Å². The van der Waals surface area contributed by atoms with Crippen LogP contribution in [0, 0.1) is 0 Å². The first kappa shape index (κ1) is 17.7. The van der Waals surface area contributed by atoms with Gasteiger partial charge in [-0.25, -0.2) is 4.79 Å². The Morgan fingerprint density at radius 1 is 1.12 bits per heavy atom. The largest absolute Gasteiger partial charge is 0.497 e. The summed E-state index contributed by atoms with van der Waals surface area (Å²) in [5.41, 5.74) is -0.179. The summed E-state index contributed by atoms with van der Waals surface area (Å²) in [7, 11) is 1.58. The van der Waals surface area contributed by atoms with Crippen LogP contribution in [0.1, 0.15) is 29.3 Å². The van der Waals surface area contributed by atoms with E-state index in [1.807, 2.05) is 0 Å². The standard InChI is InChI=1S/C20H19NO5/c1-3-25-19(23)20(18(22)15-7-5-4-6-8-15)13-17(21-26-20)14-9-11-16(24-2)12-10-14/h4-12H,3,13H2,1-2H3. The number of carbonyl (C=O) groups is 2. The Morgan fingerprint density at radius 2 is 1.81 bits per heavy atom. The van der Waals surface area contributed by atoms with Gasteiger partial charge in [-0.3, -0.25) is 4.79 Å². The number of ketones is 1. The number of benzene rings is 2. The number of carbonyl (C=O) groups excluding carboxylic acids is 2. The van der Waals surface area contributed by atoms with Crippen LogP contribution in [-0.2, 0) is 14.4 Å². The molecule has 0 fully saturated rings. The second-order valence-corrected chi connectivity index (χ2v) is 5.78. The molecular weight excluding hydrogens is 334 g/mol. The van der Waals surface area contributed by atoms with Crippen LogP contribution in [0.15, 0.2) is 59.8 Å². The van der Waals surface area contributed by atoms with Crippen molar-refractivity contribution in [2.75, 3.05) is 13.7 Å². The summed E-state index contributed by atoms with van der Waals surface area (Å²) in [6.07, 6.45) is 0.00584. The Labute approximate surface area is 151 Å². The highest BCUT2D eigenvalue weighted by molar-refractivity contribution is 6.20. The number of rotatable bonds is 6. The molecule has 0 spiro atoms. The number of nitrogens with zero attached hydrogens (tertiary/aromatic N) is 1. The molecule has 1 aliphatic heterocycles. The molecule has 0 bridgehead atoms. The molecule has 6 nitrogen and oxygen atoms in total. The van der Waals surface area contributed by atoms with E-state index < -0.39 is 17.4 Å². The lowest BCUT2D eigenvalue weighted by atomic mass is 9.87. The van der Waals surface area contributed by atoms with Gasteiger partial charge in [0.25, 0.3) is 0 Å². The van der Waals surface area contributed by atoms with Gasteiger partial charge in [-0.1, -0.05) is 35.5 Å². The fourth-order valence-corrected chi connectivity index (χ4v) is 2.77. The molecule has 6 heteroatoms. The van der Waals surface area contributed by atoms with Gasteiger partial charge in [0, 0.05) is 5.56 Å². The first-order valence-corrected chi connectivity index (χ1v) is 8.27. The molecule has 0 aromatic heterocycles. The van der Waals surface area contributed by atoms with Gasteiger partial charge in [0.15, 0.2) is 0 Å². The smallest absolute Gasteiger partial charge is 0.362 e. The molecule has 1 heterocycles. The summed E-state index contributed by atoms with van der Waals surface area (Å²) < 4.78 is 10.3. The minimum absolute atomic E-state index is 0.00584. The van der Waals surface area contributed by atoms with Gasteiger partial charge in [0.2, 0.25) is 5.78 Å². The second kappa shape index (κ2) is 7.39. The summed E-state index contributed by atoms with van der Waals surface area (Å²) in [4.78, 5) is 31.1. The Kier molecular flexibility index (Phi) is 5.02. The fourth-order valence-electron chi connectivity index (χ4n) is 2.77. The van der Waals surface area contributed by atoms with Crippen LogP contribution < -0.4 is 4.74 Å². The average molecular weight is 353 g/mol. The van der Waals surface area contributed by atoms with Crippen LogP contribution in [0.5, 0.6) is 5.75 Å². The van der Waals surface area contributed by atoms with Crippen LogP contribution in [-0.4, -0.2) is 36.8 Å². The zero-order valence-electron chi connectivity index (χ0n) is 14.6. The van der Waals surface area contributed by atoms with E-state index in [0.29, 0.717) is 17.0 Å². The molecule has 1 unspecified atom stereocenters. The summed E-state index contributed by atoms with van der Waals surface area (Å²) in [6.45, 7) is 1.82. The quantitative estimate of drug-likeness (QED) is 0.453. The van der Waals surface area contributed by atoms with Crippen LogP contribution in [0.2, 0.25) is 0 Å². The third-order valence-corrected chi connectivity index (χ3v) is 4.16. The minimum Gasteiger partial charge on any atom is -0.497 e. The molecular formula is C20H19NO5. The van der Waals surface area contributed by atoms with Crippen molar-refractivity contribution in [3.05, 3.63) is 65.7 Å². The number of Topliss-reactive ketones (excluding diaryl/α,β-unsaturated/α-hetero) is 1. The fraction of sp³-hybridized carbons (Fsp3) is 0.250. The molecule has 1 aliphatic rings. The lowest BCUT2D eigenvalue weighted by Crippen LogP contribution is -2.48. The lowest BCUT2D eigenvalue weighted by Gasteiger charge is -2.22. The average Bonchev–Trinajstić information content (AvgIpc) is 3.15.